The number of carbonyl (C=O) groups is 10. The number of benzene rings is 2. The van der Waals surface area contributed by atoms with Crippen molar-refractivity contribution in [1.82, 2.24) is 20.4 Å². The van der Waals surface area contributed by atoms with Gasteiger partial charge < -0.3 is 14.2 Å². The molecule has 288 valence electrons. The molecule has 0 aromatic heterocycles. The monoisotopic (exact) mass is 758 g/mol. The molecule has 2 unspecified atom stereocenters. The Morgan fingerprint density at radius 3 is 1.40 bits per heavy atom. The van der Waals surface area contributed by atoms with Gasteiger partial charge in [0.05, 0.1) is 22.3 Å². The van der Waals surface area contributed by atoms with Crippen LogP contribution >= 0.6 is 0 Å². The maximum absolute atomic E-state index is 13.2. The van der Waals surface area contributed by atoms with Crippen LogP contribution < -0.4 is 20.1 Å². The molecule has 4 aliphatic heterocycles. The second-order valence-corrected chi connectivity index (χ2v) is 13.4. The number of unbranched alkanes of at least 4 members (excludes halogenated alkanes) is 2. The van der Waals surface area contributed by atoms with Crippen molar-refractivity contribution in [2.24, 2.45) is 0 Å². The van der Waals surface area contributed by atoms with Crippen LogP contribution in [0.15, 0.2) is 36.4 Å². The molecule has 2 fully saturated rings. The summed E-state index contributed by atoms with van der Waals surface area (Å²) in [5.41, 5.74) is 0.0627. The van der Waals surface area contributed by atoms with Crippen LogP contribution in [-0.2, 0) is 33.5 Å². The highest BCUT2D eigenvalue weighted by Crippen LogP contribution is 2.35. The second-order valence-electron chi connectivity index (χ2n) is 13.4. The molecule has 4 heterocycles. The summed E-state index contributed by atoms with van der Waals surface area (Å²) in [5.74, 6) is -5.50. The Kier molecular flexibility index (Phi) is 11.9. The number of imide groups is 4. The highest BCUT2D eigenvalue weighted by molar-refractivity contribution is 6.25. The number of hydrogen-bond acceptors (Lipinski definition) is 13. The van der Waals surface area contributed by atoms with E-state index in [1.807, 2.05) is 0 Å². The normalized spacial score (nSPS) is 19.3. The molecule has 17 nitrogen and oxygen atoms in total. The Balaban J connectivity index is 0.843. The number of piperidine rings is 2. The van der Waals surface area contributed by atoms with Gasteiger partial charge in [-0.1, -0.05) is 12.1 Å². The standard InChI is InChI=1S/C38H38N4O13/c43-21(19-54-27-11-5-9-23-31(27)37(51)41(35(23)49)25-13-15-29(45)39-33(25)47)7-1-3-17-53-18-4-2-8-22(44)20-55-28-12-6-10-24-32(28)38(52)42(36(24)50)26-14-16-30(46)40-34(26)48/h5-6,9-12,25-26H,1-4,7-8,13-20H2,(H,39,45,47)(H,40,46,48). The first-order valence-electron chi connectivity index (χ1n) is 18.0. The largest absolute Gasteiger partial charge is 0.485 e. The van der Waals surface area contributed by atoms with Crippen molar-refractivity contribution in [2.45, 2.75) is 76.3 Å². The van der Waals surface area contributed by atoms with Crippen molar-refractivity contribution in [1.29, 1.82) is 0 Å². The molecular formula is C38H38N4O13. The lowest BCUT2D eigenvalue weighted by atomic mass is 10.0. The minimum absolute atomic E-state index is 0.00253. The van der Waals surface area contributed by atoms with Gasteiger partial charge in [-0.3, -0.25) is 68.4 Å². The van der Waals surface area contributed by atoms with Crippen molar-refractivity contribution >= 4 is 58.8 Å². The van der Waals surface area contributed by atoms with Crippen molar-refractivity contribution < 1.29 is 62.2 Å². The first kappa shape index (κ1) is 38.6. The average molecular weight is 759 g/mol. The zero-order chi connectivity index (χ0) is 39.2. The number of amides is 8. The van der Waals surface area contributed by atoms with Gasteiger partial charge in [-0.05, 0) is 62.8 Å². The van der Waals surface area contributed by atoms with Crippen LogP contribution in [0.3, 0.4) is 0 Å². The molecule has 2 aromatic carbocycles. The topological polar surface area (TPSA) is 229 Å². The fourth-order valence-electron chi connectivity index (χ4n) is 6.82. The van der Waals surface area contributed by atoms with E-state index in [-0.39, 0.29) is 97.1 Å². The second kappa shape index (κ2) is 16.9. The number of fused-ring (bicyclic) bond motifs is 2. The fraction of sp³-hybridized carbons (Fsp3) is 0.421. The van der Waals surface area contributed by atoms with Crippen LogP contribution in [0.4, 0.5) is 0 Å². The maximum atomic E-state index is 13.2. The van der Waals surface area contributed by atoms with E-state index >= 15 is 0 Å². The van der Waals surface area contributed by atoms with E-state index in [0.717, 1.165) is 9.80 Å². The molecule has 0 spiro atoms. The van der Waals surface area contributed by atoms with E-state index in [9.17, 15) is 47.9 Å². The summed E-state index contributed by atoms with van der Waals surface area (Å²) in [7, 11) is 0. The fourth-order valence-corrected chi connectivity index (χ4v) is 6.82. The molecule has 0 aliphatic carbocycles. The summed E-state index contributed by atoms with van der Waals surface area (Å²) >= 11 is 0. The van der Waals surface area contributed by atoms with Gasteiger partial charge in [0.1, 0.15) is 36.8 Å². The third kappa shape index (κ3) is 8.36. The van der Waals surface area contributed by atoms with Gasteiger partial charge in [0.15, 0.2) is 11.6 Å². The quantitative estimate of drug-likeness (QED) is 0.162. The van der Waals surface area contributed by atoms with Crippen molar-refractivity contribution in [3.05, 3.63) is 58.7 Å². The summed E-state index contributed by atoms with van der Waals surface area (Å²) in [6.07, 6.45) is 2.66. The Morgan fingerprint density at radius 1 is 0.582 bits per heavy atom. The number of ether oxygens (including phenoxy) is 3. The van der Waals surface area contributed by atoms with Gasteiger partial charge in [0, 0.05) is 38.9 Å². The summed E-state index contributed by atoms with van der Waals surface area (Å²) < 4.78 is 16.9. The Morgan fingerprint density at radius 2 is 1.00 bits per heavy atom. The summed E-state index contributed by atoms with van der Waals surface area (Å²) in [5, 5.41) is 4.29. The van der Waals surface area contributed by atoms with Crippen molar-refractivity contribution in [3.8, 4) is 11.5 Å². The van der Waals surface area contributed by atoms with Crippen LogP contribution in [0, 0.1) is 0 Å². The highest BCUT2D eigenvalue weighted by Gasteiger charge is 2.47. The number of nitrogens with zero attached hydrogens (tertiary/aromatic N) is 2. The molecule has 4 aliphatic rings. The van der Waals surface area contributed by atoms with Crippen LogP contribution in [-0.4, -0.2) is 107 Å². The highest BCUT2D eigenvalue weighted by atomic mass is 16.5. The number of carbonyl (C=O) groups excluding carboxylic acids is 10. The first-order valence-corrected chi connectivity index (χ1v) is 18.0. The molecule has 0 saturated carbocycles. The van der Waals surface area contributed by atoms with Crippen molar-refractivity contribution in [2.75, 3.05) is 26.4 Å². The lowest BCUT2D eigenvalue weighted by molar-refractivity contribution is -0.137. The predicted molar refractivity (Wildman–Crippen MR) is 186 cm³/mol. The van der Waals surface area contributed by atoms with Gasteiger partial charge in [-0.2, -0.15) is 0 Å². The molecule has 17 heteroatoms. The van der Waals surface area contributed by atoms with E-state index < -0.39 is 59.3 Å². The molecule has 8 amide bonds. The summed E-state index contributed by atoms with van der Waals surface area (Å²) in [6, 6.07) is 6.63. The summed E-state index contributed by atoms with van der Waals surface area (Å²) in [6.45, 7) is 0.144. The number of nitrogens with one attached hydrogen (secondary N) is 2. The van der Waals surface area contributed by atoms with Gasteiger partial charge in [-0.15, -0.1) is 0 Å². The molecule has 0 bridgehead atoms. The van der Waals surface area contributed by atoms with Gasteiger partial charge in [0.2, 0.25) is 23.6 Å². The number of Topliss-reactive ketones (excluding diaryl/α,β-unsaturated/α-hetero) is 2. The molecule has 2 atom stereocenters. The molecule has 2 aromatic rings. The Hall–Kier alpha value is -6.10. The van der Waals surface area contributed by atoms with E-state index in [1.54, 1.807) is 0 Å². The van der Waals surface area contributed by atoms with E-state index in [0.29, 0.717) is 38.9 Å². The smallest absolute Gasteiger partial charge is 0.266 e. The zero-order valence-electron chi connectivity index (χ0n) is 29.7. The van der Waals surface area contributed by atoms with Crippen LogP contribution in [0.25, 0.3) is 0 Å². The minimum atomic E-state index is -1.11. The van der Waals surface area contributed by atoms with E-state index in [1.165, 1.54) is 36.4 Å². The summed E-state index contributed by atoms with van der Waals surface area (Å²) in [4.78, 5) is 127. The number of ketones is 2. The van der Waals surface area contributed by atoms with Crippen LogP contribution in [0.1, 0.15) is 106 Å². The number of rotatable bonds is 18. The SMILES string of the molecule is O=C(CCCCOCCCCC(=O)COc1cccc2c1C(=O)N(C1CCC(=O)NC1=O)C2=O)COc1cccc2c1C(=O)N(C1CCC(=O)NC1=O)C2=O. The lowest BCUT2D eigenvalue weighted by Gasteiger charge is -2.27. The predicted octanol–water partition coefficient (Wildman–Crippen LogP) is 1.44. The zero-order valence-corrected chi connectivity index (χ0v) is 29.7. The lowest BCUT2D eigenvalue weighted by Crippen LogP contribution is -2.54. The van der Waals surface area contributed by atoms with Gasteiger partial charge >= 0.3 is 0 Å². The third-order valence-corrected chi connectivity index (χ3v) is 9.63. The molecule has 6 rings (SSSR count). The molecular weight excluding hydrogens is 720 g/mol. The van der Waals surface area contributed by atoms with Crippen LogP contribution in [0.2, 0.25) is 0 Å². The van der Waals surface area contributed by atoms with E-state index in [2.05, 4.69) is 10.6 Å². The minimum Gasteiger partial charge on any atom is -0.485 e. The molecule has 2 saturated heterocycles. The van der Waals surface area contributed by atoms with Crippen LogP contribution in [0.5, 0.6) is 11.5 Å². The number of hydrogen-bond donors (Lipinski definition) is 2. The van der Waals surface area contributed by atoms with E-state index in [4.69, 9.17) is 14.2 Å². The Labute approximate surface area is 314 Å². The Bertz CT molecular complexity index is 1850. The van der Waals surface area contributed by atoms with Gasteiger partial charge in [-0.25, -0.2) is 0 Å². The third-order valence-electron chi connectivity index (χ3n) is 9.63. The van der Waals surface area contributed by atoms with Gasteiger partial charge in [0.25, 0.3) is 23.6 Å². The molecule has 55 heavy (non-hydrogen) atoms. The molecule has 2 N–H and O–H groups in total. The molecule has 0 radical (unpaired) electrons. The van der Waals surface area contributed by atoms with Crippen molar-refractivity contribution in [3.63, 3.8) is 0 Å². The first-order chi connectivity index (χ1) is 26.5. The average Bonchev–Trinajstić information content (AvgIpc) is 3.57. The maximum Gasteiger partial charge on any atom is 0.266 e.